The molecule has 4 rings (SSSR count). The van der Waals surface area contributed by atoms with E-state index in [4.69, 9.17) is 28.6 Å². The van der Waals surface area contributed by atoms with Gasteiger partial charge >= 0.3 is 0 Å². The van der Waals surface area contributed by atoms with Gasteiger partial charge in [0.25, 0.3) is 11.8 Å². The van der Waals surface area contributed by atoms with Crippen molar-refractivity contribution < 1.29 is 14.3 Å². The largest absolute Gasteiger partial charge is 0.482 e. The first-order valence-electron chi connectivity index (χ1n) is 9.61. The molecule has 1 aliphatic rings. The van der Waals surface area contributed by atoms with E-state index in [1.807, 2.05) is 48.5 Å². The van der Waals surface area contributed by atoms with Crippen LogP contribution in [-0.4, -0.2) is 22.7 Å². The number of hydrogen-bond donors (Lipinski definition) is 1. The van der Waals surface area contributed by atoms with Crippen molar-refractivity contribution in [3.8, 4) is 5.75 Å². The molecule has 2 amide bonds. The molecule has 0 spiro atoms. The molecular formula is C24H17ClN2O3S2. The van der Waals surface area contributed by atoms with Crippen LogP contribution in [0, 0.1) is 0 Å². The van der Waals surface area contributed by atoms with Crippen molar-refractivity contribution in [1.82, 2.24) is 0 Å². The van der Waals surface area contributed by atoms with E-state index in [0.29, 0.717) is 25.7 Å². The molecule has 0 aliphatic carbocycles. The summed E-state index contributed by atoms with van der Waals surface area (Å²) in [7, 11) is 0. The van der Waals surface area contributed by atoms with E-state index in [2.05, 4.69) is 5.32 Å². The van der Waals surface area contributed by atoms with Crippen LogP contribution < -0.4 is 15.0 Å². The molecule has 0 bridgehead atoms. The van der Waals surface area contributed by atoms with Crippen LogP contribution in [-0.2, 0) is 9.59 Å². The van der Waals surface area contributed by atoms with Gasteiger partial charge in [0.05, 0.1) is 15.6 Å². The van der Waals surface area contributed by atoms with Crippen LogP contribution in [0.3, 0.4) is 0 Å². The van der Waals surface area contributed by atoms with Gasteiger partial charge in [0.2, 0.25) is 0 Å². The van der Waals surface area contributed by atoms with Gasteiger partial charge in [-0.05, 0) is 48.0 Å². The average Bonchev–Trinajstić information content (AvgIpc) is 3.07. The topological polar surface area (TPSA) is 58.6 Å². The molecule has 0 radical (unpaired) electrons. The second kappa shape index (κ2) is 9.99. The molecule has 3 aromatic carbocycles. The molecule has 3 aromatic rings. The summed E-state index contributed by atoms with van der Waals surface area (Å²) in [5.41, 5.74) is 2.15. The summed E-state index contributed by atoms with van der Waals surface area (Å²) in [5, 5.41) is 3.08. The first kappa shape index (κ1) is 22.1. The molecule has 1 N–H and O–H groups in total. The number of carbonyl (C=O) groups is 2. The number of anilines is 2. The molecule has 0 unspecified atom stereocenters. The zero-order valence-corrected chi connectivity index (χ0v) is 19.0. The van der Waals surface area contributed by atoms with E-state index < -0.39 is 0 Å². The summed E-state index contributed by atoms with van der Waals surface area (Å²) in [5.74, 6) is -0.0926. The summed E-state index contributed by atoms with van der Waals surface area (Å²) in [6.45, 7) is -0.177. The Bertz CT molecular complexity index is 1200. The van der Waals surface area contributed by atoms with Crippen LogP contribution in [0.2, 0.25) is 5.02 Å². The standard InChI is InChI=1S/C24H17ClN2O3S2/c25-19-13-16(11-12-20(19)30-15-22(28)26-17-7-3-1-4-8-17)14-21-23(29)27(24(31)32-21)18-9-5-2-6-10-18/h1-14H,15H2,(H,26,28)/b21-14+. The molecule has 0 atom stereocenters. The minimum absolute atomic E-state index is 0.177. The van der Waals surface area contributed by atoms with Gasteiger partial charge in [-0.3, -0.25) is 14.5 Å². The van der Waals surface area contributed by atoms with E-state index >= 15 is 0 Å². The Morgan fingerprint density at radius 2 is 1.75 bits per heavy atom. The lowest BCUT2D eigenvalue weighted by atomic mass is 10.2. The van der Waals surface area contributed by atoms with E-state index in [0.717, 1.165) is 11.3 Å². The number of nitrogens with zero attached hydrogens (tertiary/aromatic N) is 1. The number of benzene rings is 3. The lowest BCUT2D eigenvalue weighted by Crippen LogP contribution is -2.27. The first-order chi connectivity index (χ1) is 15.5. The predicted octanol–water partition coefficient (Wildman–Crippen LogP) is 5.76. The zero-order chi connectivity index (χ0) is 22.5. The average molecular weight is 481 g/mol. The molecule has 1 heterocycles. The summed E-state index contributed by atoms with van der Waals surface area (Å²) in [6.07, 6.45) is 1.74. The van der Waals surface area contributed by atoms with Crippen molar-refractivity contribution in [3.63, 3.8) is 0 Å². The summed E-state index contributed by atoms with van der Waals surface area (Å²) in [6, 6.07) is 23.5. The number of nitrogens with one attached hydrogen (secondary N) is 1. The minimum Gasteiger partial charge on any atom is -0.482 e. The molecule has 32 heavy (non-hydrogen) atoms. The van der Waals surface area contributed by atoms with Crippen LogP contribution in [0.1, 0.15) is 5.56 Å². The van der Waals surface area contributed by atoms with Crippen molar-refractivity contribution in [2.24, 2.45) is 0 Å². The Morgan fingerprint density at radius 1 is 1.06 bits per heavy atom. The van der Waals surface area contributed by atoms with E-state index in [1.165, 1.54) is 16.7 Å². The highest BCUT2D eigenvalue weighted by Gasteiger charge is 2.33. The quantitative estimate of drug-likeness (QED) is 0.359. The third kappa shape index (κ3) is 5.19. The van der Waals surface area contributed by atoms with Crippen LogP contribution in [0.15, 0.2) is 83.8 Å². The Balaban J connectivity index is 1.42. The molecule has 8 heteroatoms. The molecule has 0 saturated carbocycles. The van der Waals surface area contributed by atoms with Gasteiger partial charge in [0.1, 0.15) is 5.75 Å². The fourth-order valence-electron chi connectivity index (χ4n) is 3.00. The fourth-order valence-corrected chi connectivity index (χ4v) is 4.55. The number of carbonyl (C=O) groups excluding carboxylic acids is 2. The number of rotatable bonds is 6. The third-order valence-electron chi connectivity index (χ3n) is 4.48. The van der Waals surface area contributed by atoms with Gasteiger partial charge in [0, 0.05) is 5.69 Å². The molecule has 1 fully saturated rings. The van der Waals surface area contributed by atoms with Crippen LogP contribution in [0.25, 0.3) is 6.08 Å². The SMILES string of the molecule is O=C(COc1ccc(/C=C2/SC(=S)N(c3ccccc3)C2=O)cc1Cl)Nc1ccccc1. The molecule has 1 aliphatic heterocycles. The van der Waals surface area contributed by atoms with Crippen LogP contribution in [0.4, 0.5) is 11.4 Å². The van der Waals surface area contributed by atoms with Crippen LogP contribution >= 0.6 is 35.6 Å². The predicted molar refractivity (Wildman–Crippen MR) is 134 cm³/mol. The van der Waals surface area contributed by atoms with E-state index in [1.54, 1.807) is 36.4 Å². The monoisotopic (exact) mass is 480 g/mol. The number of thioether (sulfide) groups is 1. The lowest BCUT2D eigenvalue weighted by Gasteiger charge is -2.13. The number of ether oxygens (including phenoxy) is 1. The number of hydrogen-bond acceptors (Lipinski definition) is 5. The zero-order valence-electron chi connectivity index (χ0n) is 16.7. The van der Waals surface area contributed by atoms with Gasteiger partial charge in [-0.25, -0.2) is 0 Å². The highest BCUT2D eigenvalue weighted by molar-refractivity contribution is 8.27. The number of amides is 2. The second-order valence-corrected chi connectivity index (χ2v) is 8.83. The molecule has 5 nitrogen and oxygen atoms in total. The Kier molecular flexibility index (Phi) is 6.90. The summed E-state index contributed by atoms with van der Waals surface area (Å²) < 4.78 is 6.02. The number of para-hydroxylation sites is 2. The van der Waals surface area contributed by atoms with Crippen molar-refractivity contribution in [1.29, 1.82) is 0 Å². The maximum absolute atomic E-state index is 12.8. The lowest BCUT2D eigenvalue weighted by molar-refractivity contribution is -0.118. The normalized spacial score (nSPS) is 14.7. The van der Waals surface area contributed by atoms with Crippen molar-refractivity contribution in [2.45, 2.75) is 0 Å². The van der Waals surface area contributed by atoms with Gasteiger partial charge in [0.15, 0.2) is 10.9 Å². The minimum atomic E-state index is -0.291. The molecular weight excluding hydrogens is 464 g/mol. The van der Waals surface area contributed by atoms with Gasteiger partial charge in [-0.2, -0.15) is 0 Å². The Hall–Kier alpha value is -3.13. The Labute approximate surface area is 200 Å². The highest BCUT2D eigenvalue weighted by Crippen LogP contribution is 2.36. The van der Waals surface area contributed by atoms with Gasteiger partial charge in [-0.15, -0.1) is 0 Å². The van der Waals surface area contributed by atoms with Crippen LogP contribution in [0.5, 0.6) is 5.75 Å². The second-order valence-electron chi connectivity index (χ2n) is 6.75. The third-order valence-corrected chi connectivity index (χ3v) is 6.08. The van der Waals surface area contributed by atoms with Crippen molar-refractivity contribution >= 4 is 69.2 Å². The van der Waals surface area contributed by atoms with Gasteiger partial charge in [-0.1, -0.05) is 78.0 Å². The fraction of sp³-hybridized carbons (Fsp3) is 0.0417. The summed E-state index contributed by atoms with van der Waals surface area (Å²) >= 11 is 13.0. The summed E-state index contributed by atoms with van der Waals surface area (Å²) in [4.78, 5) is 26.9. The Morgan fingerprint density at radius 3 is 2.44 bits per heavy atom. The number of halogens is 1. The van der Waals surface area contributed by atoms with Gasteiger partial charge < -0.3 is 10.1 Å². The van der Waals surface area contributed by atoms with Crippen molar-refractivity contribution in [2.75, 3.05) is 16.8 Å². The molecule has 0 aromatic heterocycles. The first-order valence-corrected chi connectivity index (χ1v) is 11.2. The molecule has 160 valence electrons. The van der Waals surface area contributed by atoms with Crippen molar-refractivity contribution in [3.05, 3.63) is 94.4 Å². The van der Waals surface area contributed by atoms with E-state index in [9.17, 15) is 9.59 Å². The maximum atomic E-state index is 12.8. The molecule has 1 saturated heterocycles. The number of thiocarbonyl (C=S) groups is 1. The van der Waals surface area contributed by atoms with E-state index in [-0.39, 0.29) is 18.4 Å². The smallest absolute Gasteiger partial charge is 0.270 e. The highest BCUT2D eigenvalue weighted by atomic mass is 35.5. The maximum Gasteiger partial charge on any atom is 0.270 e.